The molecule has 1 spiro atoms. The zero-order chi connectivity index (χ0) is 7.05. The van der Waals surface area contributed by atoms with E-state index in [0.717, 1.165) is 17.4 Å². The maximum atomic E-state index is 2.80. The van der Waals surface area contributed by atoms with Crippen LogP contribution in [0.15, 0.2) is 0 Å². The van der Waals surface area contributed by atoms with Crippen LogP contribution in [-0.4, -0.2) is 24.0 Å². The fraction of sp³-hybridized carbons (Fsp3) is 1.00. The lowest BCUT2D eigenvalue weighted by Crippen LogP contribution is -2.30. The first kappa shape index (κ1) is 5.58. The van der Waals surface area contributed by atoms with Gasteiger partial charge in [0, 0.05) is 12.6 Å². The number of nitrogens with zero attached hydrogens (tertiary/aromatic N) is 1. The SMILES string of the molecule is C1C2CN3CCC4(CC4)C3C12. The van der Waals surface area contributed by atoms with E-state index in [9.17, 15) is 0 Å². The van der Waals surface area contributed by atoms with Crippen molar-refractivity contribution < 1.29 is 0 Å². The van der Waals surface area contributed by atoms with Crippen LogP contribution in [0.5, 0.6) is 0 Å². The van der Waals surface area contributed by atoms with Crippen LogP contribution in [0.1, 0.15) is 25.7 Å². The molecule has 1 nitrogen and oxygen atoms in total. The molecule has 0 bridgehead atoms. The summed E-state index contributed by atoms with van der Waals surface area (Å²) in [5, 5.41) is 0. The Balaban J connectivity index is 1.77. The maximum Gasteiger partial charge on any atom is 0.0184 e. The largest absolute Gasteiger partial charge is 0.299 e. The summed E-state index contributed by atoms with van der Waals surface area (Å²) >= 11 is 0. The highest BCUT2D eigenvalue weighted by Gasteiger charge is 2.66. The van der Waals surface area contributed by atoms with Gasteiger partial charge in [0.25, 0.3) is 0 Å². The Hall–Kier alpha value is -0.0400. The summed E-state index contributed by atoms with van der Waals surface area (Å²) in [6.45, 7) is 2.91. The number of hydrogen-bond acceptors (Lipinski definition) is 1. The van der Waals surface area contributed by atoms with Crippen molar-refractivity contribution in [3.63, 3.8) is 0 Å². The molecule has 0 aromatic carbocycles. The highest BCUT2D eigenvalue weighted by Crippen LogP contribution is 2.67. The molecule has 3 atom stereocenters. The highest BCUT2D eigenvalue weighted by atomic mass is 15.3. The Morgan fingerprint density at radius 1 is 1.18 bits per heavy atom. The number of rotatable bonds is 0. The molecule has 4 aliphatic rings. The standard InChI is InChI=1S/C10H15N/c1-2-10(1)3-4-11-6-7-5-8(7)9(10)11/h7-9H,1-6H2. The third-order valence-corrected chi connectivity index (χ3v) is 4.66. The molecule has 0 radical (unpaired) electrons. The van der Waals surface area contributed by atoms with E-state index >= 15 is 0 Å². The molecule has 2 aliphatic heterocycles. The molecule has 60 valence electrons. The molecule has 3 unspecified atom stereocenters. The number of hydrogen-bond donors (Lipinski definition) is 0. The first-order valence-electron chi connectivity index (χ1n) is 5.13. The minimum Gasteiger partial charge on any atom is -0.299 e. The van der Waals surface area contributed by atoms with Crippen LogP contribution in [0.2, 0.25) is 0 Å². The van der Waals surface area contributed by atoms with Crippen molar-refractivity contribution >= 4 is 0 Å². The van der Waals surface area contributed by atoms with E-state index in [1.165, 1.54) is 19.0 Å². The fourth-order valence-electron chi connectivity index (χ4n) is 3.85. The van der Waals surface area contributed by atoms with E-state index in [-0.39, 0.29) is 0 Å². The van der Waals surface area contributed by atoms with Crippen LogP contribution < -0.4 is 0 Å². The van der Waals surface area contributed by atoms with Gasteiger partial charge in [-0.2, -0.15) is 0 Å². The molecule has 2 saturated heterocycles. The topological polar surface area (TPSA) is 3.24 Å². The molecule has 2 saturated carbocycles. The second kappa shape index (κ2) is 1.39. The molecule has 4 fully saturated rings. The molecule has 4 rings (SSSR count). The molecule has 1 heteroatoms. The zero-order valence-corrected chi connectivity index (χ0v) is 6.92. The summed E-state index contributed by atoms with van der Waals surface area (Å²) < 4.78 is 0. The zero-order valence-electron chi connectivity index (χ0n) is 6.92. The van der Waals surface area contributed by atoms with Crippen molar-refractivity contribution in [2.75, 3.05) is 13.1 Å². The van der Waals surface area contributed by atoms with Gasteiger partial charge in [-0.3, -0.25) is 4.90 Å². The van der Waals surface area contributed by atoms with Gasteiger partial charge >= 0.3 is 0 Å². The Bertz CT molecular complexity index is 219. The molecule has 0 N–H and O–H groups in total. The molecule has 0 aromatic heterocycles. The maximum absolute atomic E-state index is 2.80. The average Bonchev–Trinajstić information content (AvgIpc) is 2.85. The van der Waals surface area contributed by atoms with E-state index in [1.54, 1.807) is 25.7 Å². The van der Waals surface area contributed by atoms with Crippen molar-refractivity contribution in [1.82, 2.24) is 4.90 Å². The van der Waals surface area contributed by atoms with Gasteiger partial charge < -0.3 is 0 Å². The lowest BCUT2D eigenvalue weighted by Gasteiger charge is -2.22. The van der Waals surface area contributed by atoms with Crippen LogP contribution in [-0.2, 0) is 0 Å². The van der Waals surface area contributed by atoms with Crippen molar-refractivity contribution in [3.05, 3.63) is 0 Å². The minimum absolute atomic E-state index is 0.885. The molecule has 0 amide bonds. The summed E-state index contributed by atoms with van der Waals surface area (Å²) in [6.07, 6.45) is 6.26. The smallest absolute Gasteiger partial charge is 0.0184 e. The van der Waals surface area contributed by atoms with Crippen molar-refractivity contribution in [3.8, 4) is 0 Å². The van der Waals surface area contributed by atoms with Gasteiger partial charge in [-0.05, 0) is 49.5 Å². The van der Waals surface area contributed by atoms with Gasteiger partial charge in [-0.15, -0.1) is 0 Å². The van der Waals surface area contributed by atoms with E-state index < -0.39 is 0 Å². The molecule has 2 aliphatic carbocycles. The lowest BCUT2D eigenvalue weighted by atomic mass is 9.94. The first-order chi connectivity index (χ1) is 5.39. The van der Waals surface area contributed by atoms with Crippen molar-refractivity contribution in [2.24, 2.45) is 17.3 Å². The summed E-state index contributed by atoms with van der Waals surface area (Å²) in [6, 6.07) is 1.08. The molecule has 2 heterocycles. The summed E-state index contributed by atoms with van der Waals surface area (Å²) in [4.78, 5) is 2.80. The van der Waals surface area contributed by atoms with Gasteiger partial charge in [0.15, 0.2) is 0 Å². The predicted molar refractivity (Wildman–Crippen MR) is 43.2 cm³/mol. The van der Waals surface area contributed by atoms with Crippen molar-refractivity contribution in [2.45, 2.75) is 31.7 Å². The first-order valence-corrected chi connectivity index (χ1v) is 5.13. The van der Waals surface area contributed by atoms with Crippen LogP contribution in [0, 0.1) is 17.3 Å². The average molecular weight is 149 g/mol. The fourth-order valence-corrected chi connectivity index (χ4v) is 3.85. The third-order valence-electron chi connectivity index (χ3n) is 4.66. The Morgan fingerprint density at radius 3 is 2.91 bits per heavy atom. The van der Waals surface area contributed by atoms with E-state index in [0.29, 0.717) is 0 Å². The Kier molecular flexibility index (Phi) is 0.706. The van der Waals surface area contributed by atoms with Crippen LogP contribution in [0.3, 0.4) is 0 Å². The van der Waals surface area contributed by atoms with Crippen molar-refractivity contribution in [1.29, 1.82) is 0 Å². The summed E-state index contributed by atoms with van der Waals surface area (Å²) in [5.74, 6) is 2.32. The lowest BCUT2D eigenvalue weighted by molar-refractivity contribution is 0.241. The number of piperidine rings is 1. The van der Waals surface area contributed by atoms with E-state index in [1.807, 2.05) is 0 Å². The molecule has 0 aromatic rings. The molecular weight excluding hydrogens is 134 g/mol. The van der Waals surface area contributed by atoms with Gasteiger partial charge in [0.2, 0.25) is 0 Å². The summed E-state index contributed by atoms with van der Waals surface area (Å²) in [5.41, 5.74) is 0.885. The van der Waals surface area contributed by atoms with Gasteiger partial charge in [-0.1, -0.05) is 0 Å². The van der Waals surface area contributed by atoms with Crippen LogP contribution in [0.25, 0.3) is 0 Å². The summed E-state index contributed by atoms with van der Waals surface area (Å²) in [7, 11) is 0. The second-order valence-corrected chi connectivity index (χ2v) is 5.21. The van der Waals surface area contributed by atoms with Crippen LogP contribution in [0.4, 0.5) is 0 Å². The van der Waals surface area contributed by atoms with E-state index in [2.05, 4.69) is 4.90 Å². The molecular formula is C10H15N. The predicted octanol–water partition coefficient (Wildman–Crippen LogP) is 1.49. The van der Waals surface area contributed by atoms with Gasteiger partial charge in [0.1, 0.15) is 0 Å². The van der Waals surface area contributed by atoms with Gasteiger partial charge in [0.05, 0.1) is 0 Å². The molecule has 11 heavy (non-hydrogen) atoms. The Labute approximate surface area is 67.8 Å². The quantitative estimate of drug-likeness (QED) is 0.504. The third kappa shape index (κ3) is 0.516. The van der Waals surface area contributed by atoms with Gasteiger partial charge in [-0.25, -0.2) is 0 Å². The second-order valence-electron chi connectivity index (χ2n) is 5.21. The monoisotopic (exact) mass is 149 g/mol. The normalized spacial score (nSPS) is 56.2. The minimum atomic E-state index is 0.885. The Morgan fingerprint density at radius 2 is 2.09 bits per heavy atom. The van der Waals surface area contributed by atoms with E-state index in [4.69, 9.17) is 0 Å². The number of fused-ring (bicyclic) bond motifs is 4. The van der Waals surface area contributed by atoms with Crippen LogP contribution >= 0.6 is 0 Å². The highest BCUT2D eigenvalue weighted by molar-refractivity contribution is 5.18.